The van der Waals surface area contributed by atoms with Crippen LogP contribution in [0.3, 0.4) is 0 Å². The zero-order valence-electron chi connectivity index (χ0n) is 6.72. The van der Waals surface area contributed by atoms with Gasteiger partial charge >= 0.3 is 0 Å². The third-order valence-electron chi connectivity index (χ3n) is 1.15. The minimum absolute atomic E-state index is 0.370. The molecule has 0 aromatic rings. The van der Waals surface area contributed by atoms with Crippen LogP contribution in [0.25, 0.3) is 0 Å². The molecule has 0 bridgehead atoms. The van der Waals surface area contributed by atoms with Gasteiger partial charge in [0, 0.05) is 29.2 Å². The lowest BCUT2D eigenvalue weighted by molar-refractivity contribution is -0.118. The molecule has 0 heterocycles. The van der Waals surface area contributed by atoms with Gasteiger partial charge < -0.3 is 0 Å². The van der Waals surface area contributed by atoms with Crippen molar-refractivity contribution in [2.75, 3.05) is 12.5 Å². The van der Waals surface area contributed by atoms with E-state index in [-0.39, 0.29) is 0 Å². The van der Waals surface area contributed by atoms with Crippen LogP contribution in [-0.2, 0) is 15.6 Å². The van der Waals surface area contributed by atoms with Crippen molar-refractivity contribution >= 4 is 16.6 Å². The molecule has 1 aliphatic carbocycles. The number of rotatable bonds is 1. The summed E-state index contributed by atoms with van der Waals surface area (Å²) in [4.78, 5) is 10.2. The molecule has 60 valence electrons. The highest BCUT2D eigenvalue weighted by Gasteiger charge is 2.25. The first-order valence-electron chi connectivity index (χ1n) is 3.29. The van der Waals surface area contributed by atoms with Crippen LogP contribution < -0.4 is 0 Å². The minimum Gasteiger partial charge on any atom is -0.300 e. The van der Waals surface area contributed by atoms with Gasteiger partial charge in [0.05, 0.1) is 0 Å². The Hall–Kier alpha value is -0.180. The summed E-state index contributed by atoms with van der Waals surface area (Å²) in [6.45, 7) is 1.66. The maximum Gasteiger partial charge on any atom is 0.132 e. The lowest BCUT2D eigenvalue weighted by atomic mass is 10.3. The molecule has 0 unspecified atom stereocenters. The van der Waals surface area contributed by atoms with E-state index in [1.165, 1.54) is 0 Å². The van der Waals surface area contributed by atoms with Crippen molar-refractivity contribution in [3.05, 3.63) is 0 Å². The second-order valence-corrected chi connectivity index (χ2v) is 4.11. The summed E-state index contributed by atoms with van der Waals surface area (Å²) in [5.41, 5.74) is 0. The quantitative estimate of drug-likeness (QED) is 0.576. The molecule has 2 nitrogen and oxygen atoms in total. The molecule has 10 heavy (non-hydrogen) atoms. The Morgan fingerprint density at radius 3 is 1.70 bits per heavy atom. The Labute approximate surface area is 64.5 Å². The average molecular weight is 162 g/mol. The molecule has 0 aliphatic heterocycles. The van der Waals surface area contributed by atoms with E-state index in [9.17, 15) is 9.00 Å². The molecule has 1 fully saturated rings. The van der Waals surface area contributed by atoms with E-state index in [4.69, 9.17) is 0 Å². The maximum absolute atomic E-state index is 10.2. The van der Waals surface area contributed by atoms with E-state index < -0.39 is 10.8 Å². The van der Waals surface area contributed by atoms with Gasteiger partial charge in [-0.15, -0.1) is 0 Å². The molecule has 0 amide bonds. The molecule has 1 saturated carbocycles. The predicted molar refractivity (Wildman–Crippen MR) is 43.4 cm³/mol. The Kier molecular flexibility index (Phi) is 4.52. The van der Waals surface area contributed by atoms with Crippen LogP contribution in [0.15, 0.2) is 0 Å². The SMILES string of the molecule is CC(=O)C1CC1.CS(C)=O. The predicted octanol–water partition coefficient (Wildman–Crippen LogP) is 0.980. The first kappa shape index (κ1) is 9.82. The van der Waals surface area contributed by atoms with Crippen molar-refractivity contribution in [3.63, 3.8) is 0 Å². The summed E-state index contributed by atoms with van der Waals surface area (Å²) in [7, 11) is -0.611. The van der Waals surface area contributed by atoms with Gasteiger partial charge in [0.2, 0.25) is 0 Å². The molecule has 0 N–H and O–H groups in total. The summed E-state index contributed by atoms with van der Waals surface area (Å²) < 4.78 is 9.56. The molecule has 0 aromatic heterocycles. The zero-order valence-corrected chi connectivity index (χ0v) is 7.53. The zero-order chi connectivity index (χ0) is 8.15. The minimum atomic E-state index is -0.611. The van der Waals surface area contributed by atoms with Crippen LogP contribution in [0.2, 0.25) is 0 Å². The molecule has 0 saturated heterocycles. The summed E-state index contributed by atoms with van der Waals surface area (Å²) in [6.07, 6.45) is 5.57. The number of ketones is 1. The largest absolute Gasteiger partial charge is 0.300 e. The van der Waals surface area contributed by atoms with E-state index in [2.05, 4.69) is 0 Å². The first-order valence-corrected chi connectivity index (χ1v) is 5.26. The Balaban J connectivity index is 0.000000180. The Morgan fingerprint density at radius 2 is 1.70 bits per heavy atom. The molecule has 0 spiro atoms. The highest BCUT2D eigenvalue weighted by Crippen LogP contribution is 2.29. The van der Waals surface area contributed by atoms with E-state index >= 15 is 0 Å². The second kappa shape index (κ2) is 4.61. The Morgan fingerprint density at radius 1 is 1.40 bits per heavy atom. The van der Waals surface area contributed by atoms with Crippen LogP contribution in [0.1, 0.15) is 19.8 Å². The number of hydrogen-bond acceptors (Lipinski definition) is 2. The fraction of sp³-hybridized carbons (Fsp3) is 0.857. The van der Waals surface area contributed by atoms with Crippen LogP contribution in [-0.4, -0.2) is 22.5 Å². The molecule has 0 atom stereocenters. The monoisotopic (exact) mass is 162 g/mol. The lowest BCUT2D eigenvalue weighted by Crippen LogP contribution is -1.88. The molecular formula is C7H14O2S. The normalized spacial score (nSPS) is 16.0. The van der Waals surface area contributed by atoms with E-state index in [0.717, 1.165) is 12.8 Å². The third kappa shape index (κ3) is 7.82. The van der Waals surface area contributed by atoms with Crippen LogP contribution in [0, 0.1) is 5.92 Å². The second-order valence-electron chi connectivity index (χ2n) is 2.63. The van der Waals surface area contributed by atoms with Gasteiger partial charge in [-0.3, -0.25) is 9.00 Å². The molecule has 0 radical (unpaired) electrons. The first-order chi connectivity index (χ1) is 4.54. The van der Waals surface area contributed by atoms with Gasteiger partial charge in [0.25, 0.3) is 0 Å². The van der Waals surface area contributed by atoms with Crippen molar-refractivity contribution in [1.29, 1.82) is 0 Å². The maximum atomic E-state index is 10.2. The summed E-state index contributed by atoms with van der Waals surface area (Å²) in [6, 6.07) is 0. The number of Topliss-reactive ketones (excluding diaryl/α,β-unsaturated/α-hetero) is 1. The van der Waals surface area contributed by atoms with Gasteiger partial charge in [-0.2, -0.15) is 0 Å². The van der Waals surface area contributed by atoms with Crippen molar-refractivity contribution in [2.24, 2.45) is 5.92 Å². The fourth-order valence-corrected chi connectivity index (χ4v) is 0.490. The molecule has 1 aliphatic rings. The molecular weight excluding hydrogens is 148 g/mol. The van der Waals surface area contributed by atoms with Crippen molar-refractivity contribution in [1.82, 2.24) is 0 Å². The van der Waals surface area contributed by atoms with E-state index in [0.29, 0.717) is 11.7 Å². The molecule has 0 aromatic carbocycles. The number of carbonyl (C=O) groups is 1. The standard InChI is InChI=1S/C5H8O.C2H6OS/c1-4(6)5-2-3-5;1-4(2)3/h5H,2-3H2,1H3;1-2H3. The highest BCUT2D eigenvalue weighted by atomic mass is 32.2. The summed E-state index contributed by atoms with van der Waals surface area (Å²) in [5.74, 6) is 0.833. The highest BCUT2D eigenvalue weighted by molar-refractivity contribution is 7.83. The fourth-order valence-electron chi connectivity index (χ4n) is 0.490. The molecule has 3 heteroatoms. The number of hydrogen-bond donors (Lipinski definition) is 0. The van der Waals surface area contributed by atoms with Gasteiger partial charge in [-0.1, -0.05) is 0 Å². The van der Waals surface area contributed by atoms with Crippen LogP contribution in [0.5, 0.6) is 0 Å². The Bertz CT molecular complexity index is 135. The van der Waals surface area contributed by atoms with E-state index in [1.807, 2.05) is 0 Å². The van der Waals surface area contributed by atoms with Crippen molar-refractivity contribution in [2.45, 2.75) is 19.8 Å². The van der Waals surface area contributed by atoms with Crippen molar-refractivity contribution < 1.29 is 9.00 Å². The topological polar surface area (TPSA) is 34.1 Å². The molecule has 1 rings (SSSR count). The van der Waals surface area contributed by atoms with Gasteiger partial charge in [0.1, 0.15) is 5.78 Å². The summed E-state index contributed by atoms with van der Waals surface area (Å²) >= 11 is 0. The van der Waals surface area contributed by atoms with Gasteiger partial charge in [-0.25, -0.2) is 0 Å². The van der Waals surface area contributed by atoms with Crippen LogP contribution in [0.4, 0.5) is 0 Å². The lowest BCUT2D eigenvalue weighted by Gasteiger charge is -1.75. The van der Waals surface area contributed by atoms with E-state index in [1.54, 1.807) is 19.4 Å². The summed E-state index contributed by atoms with van der Waals surface area (Å²) in [5, 5.41) is 0. The average Bonchev–Trinajstić information content (AvgIpc) is 2.38. The van der Waals surface area contributed by atoms with Gasteiger partial charge in [0.15, 0.2) is 0 Å². The smallest absolute Gasteiger partial charge is 0.132 e. The number of carbonyl (C=O) groups excluding carboxylic acids is 1. The van der Waals surface area contributed by atoms with Crippen LogP contribution >= 0.6 is 0 Å². The van der Waals surface area contributed by atoms with Crippen molar-refractivity contribution in [3.8, 4) is 0 Å². The third-order valence-corrected chi connectivity index (χ3v) is 1.15. The van der Waals surface area contributed by atoms with Gasteiger partial charge in [-0.05, 0) is 19.8 Å².